The largest absolute Gasteiger partial charge is 0.444 e. The smallest absolute Gasteiger partial charge is 0.423 e. The zero-order chi connectivity index (χ0) is 16.7. The molecular weight excluding hydrogens is 306 g/mol. The van der Waals surface area contributed by atoms with Crippen molar-refractivity contribution in [2.24, 2.45) is 0 Å². The Morgan fingerprint density at radius 2 is 1.67 bits per heavy atom. The molecule has 1 aliphatic carbocycles. The first-order valence-corrected chi connectivity index (χ1v) is 7.87. The molecule has 0 aromatic heterocycles. The third-order valence-corrected chi connectivity index (χ3v) is 4.53. The molecule has 0 N–H and O–H groups in total. The van der Waals surface area contributed by atoms with E-state index in [1.807, 2.05) is 24.3 Å². The van der Waals surface area contributed by atoms with E-state index in [1.54, 1.807) is 0 Å². The number of carbonyl (C=O) groups excluding carboxylic acids is 3. The lowest BCUT2D eigenvalue weighted by atomic mass is 10.0. The number of rotatable bonds is 2. The lowest BCUT2D eigenvalue weighted by molar-refractivity contribution is -0.136. The van der Waals surface area contributed by atoms with E-state index in [0.29, 0.717) is 4.90 Å². The number of amides is 3. The summed E-state index contributed by atoms with van der Waals surface area (Å²) in [5, 5.41) is 0. The highest BCUT2D eigenvalue weighted by Crippen LogP contribution is 2.38. The highest BCUT2D eigenvalue weighted by Gasteiger charge is 2.35. The normalized spacial score (nSPS) is 15.4. The van der Waals surface area contributed by atoms with E-state index in [1.165, 1.54) is 11.1 Å². The van der Waals surface area contributed by atoms with Gasteiger partial charge in [-0.1, -0.05) is 42.5 Å². The van der Waals surface area contributed by atoms with E-state index in [2.05, 4.69) is 18.2 Å². The van der Waals surface area contributed by atoms with Crippen LogP contribution in [-0.2, 0) is 27.4 Å². The molecule has 4 rings (SSSR count). The first-order valence-electron chi connectivity index (χ1n) is 7.87. The van der Waals surface area contributed by atoms with Crippen molar-refractivity contribution in [3.8, 4) is 11.1 Å². The average Bonchev–Trinajstić information content (AvgIpc) is 3.13. The second kappa shape index (κ2) is 5.60. The number of carbonyl (C=O) groups is 3. The number of hydrogen-bond acceptors (Lipinski definition) is 4. The molecule has 120 valence electrons. The fourth-order valence-corrected chi connectivity index (χ4v) is 3.34. The SMILES string of the molecule is O=C1CCC(=O)N1C(=O)OCc1cccc2c1Cc1ccccc1-2. The number of benzene rings is 2. The van der Waals surface area contributed by atoms with Crippen LogP contribution in [-0.4, -0.2) is 22.8 Å². The monoisotopic (exact) mass is 321 g/mol. The Bertz CT molecular complexity index is 855. The van der Waals surface area contributed by atoms with Gasteiger partial charge in [-0.25, -0.2) is 4.79 Å². The summed E-state index contributed by atoms with van der Waals surface area (Å²) in [6.07, 6.45) is 0.0602. The van der Waals surface area contributed by atoms with Gasteiger partial charge in [0.2, 0.25) is 11.8 Å². The molecule has 2 aliphatic rings. The van der Waals surface area contributed by atoms with Crippen LogP contribution in [0.2, 0.25) is 0 Å². The van der Waals surface area contributed by atoms with Crippen LogP contribution in [0.15, 0.2) is 42.5 Å². The minimum absolute atomic E-state index is 0.0487. The minimum Gasteiger partial charge on any atom is -0.444 e. The number of fused-ring (bicyclic) bond motifs is 3. The minimum atomic E-state index is -0.879. The van der Waals surface area contributed by atoms with Crippen molar-refractivity contribution in [3.05, 3.63) is 59.2 Å². The lowest BCUT2D eigenvalue weighted by Gasteiger charge is -2.14. The van der Waals surface area contributed by atoms with Crippen molar-refractivity contribution in [3.63, 3.8) is 0 Å². The Labute approximate surface area is 138 Å². The maximum absolute atomic E-state index is 12.0. The number of hydrogen-bond donors (Lipinski definition) is 0. The van der Waals surface area contributed by atoms with Crippen LogP contribution in [0.4, 0.5) is 4.79 Å². The summed E-state index contributed by atoms with van der Waals surface area (Å²) in [5.74, 6) is -0.980. The van der Waals surface area contributed by atoms with Gasteiger partial charge >= 0.3 is 6.09 Å². The van der Waals surface area contributed by atoms with Crippen LogP contribution in [0.1, 0.15) is 29.5 Å². The first kappa shape index (κ1) is 14.6. The van der Waals surface area contributed by atoms with Gasteiger partial charge in [-0.2, -0.15) is 4.90 Å². The molecule has 1 fully saturated rings. The first-order chi connectivity index (χ1) is 11.6. The maximum atomic E-state index is 12.0. The van der Waals surface area contributed by atoms with Crippen molar-refractivity contribution in [2.75, 3.05) is 0 Å². The van der Waals surface area contributed by atoms with Gasteiger partial charge in [0.25, 0.3) is 0 Å². The van der Waals surface area contributed by atoms with Crippen LogP contribution in [0.25, 0.3) is 11.1 Å². The predicted octanol–water partition coefficient (Wildman–Crippen LogP) is 3.04. The molecule has 0 spiro atoms. The fourth-order valence-electron chi connectivity index (χ4n) is 3.34. The lowest BCUT2D eigenvalue weighted by Crippen LogP contribution is -2.35. The number of imide groups is 3. The highest BCUT2D eigenvalue weighted by atomic mass is 16.6. The van der Waals surface area contributed by atoms with E-state index in [9.17, 15) is 14.4 Å². The van der Waals surface area contributed by atoms with E-state index in [0.717, 1.165) is 23.1 Å². The Hall–Kier alpha value is -2.95. The molecule has 5 heteroatoms. The van der Waals surface area contributed by atoms with Gasteiger partial charge in [-0.3, -0.25) is 9.59 Å². The molecule has 5 nitrogen and oxygen atoms in total. The van der Waals surface area contributed by atoms with Gasteiger partial charge in [-0.15, -0.1) is 0 Å². The Kier molecular flexibility index (Phi) is 3.41. The Morgan fingerprint density at radius 1 is 0.958 bits per heavy atom. The molecular formula is C19H15NO4. The summed E-state index contributed by atoms with van der Waals surface area (Å²) in [6.45, 7) is 0.0487. The topological polar surface area (TPSA) is 63.7 Å². The Morgan fingerprint density at radius 3 is 2.46 bits per heavy atom. The summed E-state index contributed by atoms with van der Waals surface area (Å²) in [4.78, 5) is 35.8. The van der Waals surface area contributed by atoms with Crippen molar-refractivity contribution in [1.29, 1.82) is 0 Å². The number of likely N-dealkylation sites (tertiary alicyclic amines) is 1. The van der Waals surface area contributed by atoms with Crippen molar-refractivity contribution in [1.82, 2.24) is 4.90 Å². The van der Waals surface area contributed by atoms with Crippen molar-refractivity contribution in [2.45, 2.75) is 25.9 Å². The molecule has 2 aromatic carbocycles. The van der Waals surface area contributed by atoms with E-state index >= 15 is 0 Å². The molecule has 2 aromatic rings. The molecule has 0 atom stereocenters. The summed E-state index contributed by atoms with van der Waals surface area (Å²) < 4.78 is 5.22. The van der Waals surface area contributed by atoms with Crippen LogP contribution >= 0.6 is 0 Å². The van der Waals surface area contributed by atoms with Crippen LogP contribution < -0.4 is 0 Å². The van der Waals surface area contributed by atoms with Crippen LogP contribution in [0.5, 0.6) is 0 Å². The third-order valence-electron chi connectivity index (χ3n) is 4.53. The zero-order valence-electron chi connectivity index (χ0n) is 13.0. The molecule has 3 amide bonds. The predicted molar refractivity (Wildman–Crippen MR) is 86.0 cm³/mol. The molecule has 1 heterocycles. The number of nitrogens with zero attached hydrogens (tertiary/aromatic N) is 1. The molecule has 0 saturated carbocycles. The molecule has 1 aliphatic heterocycles. The molecule has 1 saturated heterocycles. The summed E-state index contributed by atoms with van der Waals surface area (Å²) in [6, 6.07) is 14.1. The van der Waals surface area contributed by atoms with Crippen molar-refractivity contribution >= 4 is 17.9 Å². The maximum Gasteiger partial charge on any atom is 0.423 e. The summed E-state index contributed by atoms with van der Waals surface area (Å²) in [7, 11) is 0. The van der Waals surface area contributed by atoms with E-state index in [4.69, 9.17) is 4.74 Å². The molecule has 0 radical (unpaired) electrons. The summed E-state index contributed by atoms with van der Waals surface area (Å²) in [5.41, 5.74) is 5.62. The second-order valence-corrected chi connectivity index (χ2v) is 5.95. The van der Waals surface area contributed by atoms with Gasteiger partial charge in [-0.05, 0) is 34.2 Å². The zero-order valence-corrected chi connectivity index (χ0v) is 13.0. The van der Waals surface area contributed by atoms with Gasteiger partial charge in [0, 0.05) is 12.8 Å². The van der Waals surface area contributed by atoms with Gasteiger partial charge < -0.3 is 4.74 Å². The Balaban J connectivity index is 1.54. The number of ether oxygens (including phenoxy) is 1. The fraction of sp³-hybridized carbons (Fsp3) is 0.211. The van der Waals surface area contributed by atoms with Crippen LogP contribution in [0, 0.1) is 0 Å². The quantitative estimate of drug-likeness (QED) is 0.681. The van der Waals surface area contributed by atoms with Crippen molar-refractivity contribution < 1.29 is 19.1 Å². The van der Waals surface area contributed by atoms with Gasteiger partial charge in [0.1, 0.15) is 6.61 Å². The average molecular weight is 321 g/mol. The summed E-state index contributed by atoms with van der Waals surface area (Å²) >= 11 is 0. The highest BCUT2D eigenvalue weighted by molar-refractivity contribution is 6.13. The van der Waals surface area contributed by atoms with Gasteiger partial charge in [0.15, 0.2) is 0 Å². The molecule has 0 bridgehead atoms. The second-order valence-electron chi connectivity index (χ2n) is 5.95. The van der Waals surface area contributed by atoms with E-state index < -0.39 is 17.9 Å². The molecule has 0 unspecified atom stereocenters. The van der Waals surface area contributed by atoms with Crippen LogP contribution in [0.3, 0.4) is 0 Å². The van der Waals surface area contributed by atoms with Gasteiger partial charge in [0.05, 0.1) is 0 Å². The van der Waals surface area contributed by atoms with E-state index in [-0.39, 0.29) is 19.4 Å². The molecule has 24 heavy (non-hydrogen) atoms. The standard InChI is InChI=1S/C19H15NO4/c21-17-8-9-18(22)20(17)19(23)24-11-13-5-3-7-15-14-6-2-1-4-12(14)10-16(13)15/h1-7H,8-11H2. The third kappa shape index (κ3) is 2.29.